The number of benzene rings is 3. The van der Waals surface area contributed by atoms with Gasteiger partial charge in [-0.15, -0.1) is 0 Å². The number of amides is 1. The van der Waals surface area contributed by atoms with Crippen LogP contribution in [0, 0.1) is 0 Å². The lowest BCUT2D eigenvalue weighted by Gasteiger charge is -2.46. The maximum absolute atomic E-state index is 12.8. The van der Waals surface area contributed by atoms with Crippen molar-refractivity contribution in [3.8, 4) is 11.8 Å². The summed E-state index contributed by atoms with van der Waals surface area (Å²) in [4.78, 5) is 23.9. The van der Waals surface area contributed by atoms with E-state index in [0.717, 1.165) is 28.2 Å². The van der Waals surface area contributed by atoms with Crippen LogP contribution in [0.4, 0.5) is 21.9 Å². The number of nitrogens with zero attached hydrogens (tertiary/aromatic N) is 4. The number of hydrogen-bond donors (Lipinski definition) is 0. The lowest BCUT2D eigenvalue weighted by molar-refractivity contribution is 0.0193. The average Bonchev–Trinajstić information content (AvgIpc) is 3.02. The molecule has 2 heterocycles. The van der Waals surface area contributed by atoms with E-state index in [1.807, 2.05) is 106 Å². The van der Waals surface area contributed by atoms with E-state index in [2.05, 4.69) is 47.9 Å². The molecule has 0 spiro atoms. The molecule has 8 nitrogen and oxygen atoms in total. The molecule has 0 aliphatic carbocycles. The Bertz CT molecular complexity index is 1550. The van der Waals surface area contributed by atoms with Crippen molar-refractivity contribution in [3.63, 3.8) is 0 Å². The van der Waals surface area contributed by atoms with Crippen molar-refractivity contribution >= 4 is 23.2 Å². The average molecular weight is 609 g/mol. The number of ether oxygens (including phenoxy) is 3. The van der Waals surface area contributed by atoms with Gasteiger partial charge in [0, 0.05) is 49.7 Å². The molecule has 1 saturated heterocycles. The van der Waals surface area contributed by atoms with E-state index >= 15 is 0 Å². The van der Waals surface area contributed by atoms with E-state index in [1.54, 1.807) is 0 Å². The maximum Gasteiger partial charge on any atom is 0.410 e. The van der Waals surface area contributed by atoms with Crippen LogP contribution < -0.4 is 19.3 Å². The fourth-order valence-corrected chi connectivity index (χ4v) is 5.62. The summed E-state index contributed by atoms with van der Waals surface area (Å²) < 4.78 is 18.0. The predicted octanol–water partition coefficient (Wildman–Crippen LogP) is 7.84. The number of aromatic nitrogens is 1. The highest BCUT2D eigenvalue weighted by molar-refractivity contribution is 5.72. The molecular formula is C37H44N4O4. The molecule has 1 aliphatic rings. The molecule has 1 aliphatic heterocycles. The quantitative estimate of drug-likeness (QED) is 0.192. The molecule has 1 fully saturated rings. The van der Waals surface area contributed by atoms with Crippen molar-refractivity contribution in [2.75, 3.05) is 29.9 Å². The summed E-state index contributed by atoms with van der Waals surface area (Å²) in [6.45, 7) is 12.0. The van der Waals surface area contributed by atoms with Crippen molar-refractivity contribution < 1.29 is 19.0 Å². The SMILES string of the molecule is C[C@@H]1CN(C(=O)OC(C)(C)C)C[C@H](C)N1c1cccc(N(C)c2ccc(OCc3ccccc3)nc2OCc2ccccc2)c1. The first-order valence-electron chi connectivity index (χ1n) is 15.5. The van der Waals surface area contributed by atoms with Gasteiger partial charge in [-0.2, -0.15) is 4.98 Å². The van der Waals surface area contributed by atoms with Gasteiger partial charge in [-0.1, -0.05) is 66.7 Å². The first-order chi connectivity index (χ1) is 21.6. The normalized spacial score (nSPS) is 16.7. The molecule has 0 radical (unpaired) electrons. The molecule has 0 N–H and O–H groups in total. The third kappa shape index (κ3) is 8.26. The molecule has 45 heavy (non-hydrogen) atoms. The number of hydrogen-bond acceptors (Lipinski definition) is 7. The van der Waals surface area contributed by atoms with Crippen molar-refractivity contribution in [2.24, 2.45) is 0 Å². The highest BCUT2D eigenvalue weighted by Gasteiger charge is 2.34. The smallest absolute Gasteiger partial charge is 0.410 e. The molecule has 5 rings (SSSR count). The van der Waals surface area contributed by atoms with Gasteiger partial charge in [0.25, 0.3) is 0 Å². The molecule has 1 aromatic heterocycles. The van der Waals surface area contributed by atoms with E-state index in [0.29, 0.717) is 38.1 Å². The zero-order valence-electron chi connectivity index (χ0n) is 27.1. The monoisotopic (exact) mass is 608 g/mol. The second kappa shape index (κ2) is 13.9. The Morgan fingerprint density at radius 3 is 2.02 bits per heavy atom. The first kappa shape index (κ1) is 31.7. The Labute approximate surface area is 267 Å². The number of pyridine rings is 1. The van der Waals surface area contributed by atoms with Crippen LogP contribution in [-0.4, -0.2) is 53.8 Å². The van der Waals surface area contributed by atoms with Crippen LogP contribution in [0.3, 0.4) is 0 Å². The van der Waals surface area contributed by atoms with Crippen molar-refractivity contribution in [3.05, 3.63) is 108 Å². The van der Waals surface area contributed by atoms with Gasteiger partial charge in [-0.25, -0.2) is 4.79 Å². The summed E-state index contributed by atoms with van der Waals surface area (Å²) in [5.41, 5.74) is 4.51. The standard InChI is InChI=1S/C37H44N4O4/c1-27-23-40(36(42)45-37(3,4)5)24-28(2)41(27)32-19-13-18-31(22-32)39(6)33-20-21-34(43-25-29-14-9-7-10-15-29)38-35(33)44-26-30-16-11-8-12-17-30/h7-22,27-28H,23-26H2,1-6H3/t27-,28+. The molecule has 2 atom stereocenters. The zero-order valence-corrected chi connectivity index (χ0v) is 27.1. The van der Waals surface area contributed by atoms with Crippen LogP contribution in [0.1, 0.15) is 45.7 Å². The first-order valence-corrected chi connectivity index (χ1v) is 15.5. The predicted molar refractivity (Wildman–Crippen MR) is 179 cm³/mol. The molecular weight excluding hydrogens is 564 g/mol. The second-order valence-electron chi connectivity index (χ2n) is 12.6. The minimum Gasteiger partial charge on any atom is -0.473 e. The molecule has 0 bridgehead atoms. The third-order valence-corrected chi connectivity index (χ3v) is 7.71. The third-order valence-electron chi connectivity index (χ3n) is 7.71. The number of rotatable bonds is 9. The summed E-state index contributed by atoms with van der Waals surface area (Å²) in [5.74, 6) is 0.989. The van der Waals surface area contributed by atoms with E-state index in [1.165, 1.54) is 0 Å². The number of piperazine rings is 1. The van der Waals surface area contributed by atoms with E-state index in [4.69, 9.17) is 19.2 Å². The lowest BCUT2D eigenvalue weighted by atomic mass is 10.1. The van der Waals surface area contributed by atoms with E-state index in [9.17, 15) is 4.79 Å². The fraction of sp³-hybridized carbons (Fsp3) is 0.351. The van der Waals surface area contributed by atoms with Gasteiger partial charge in [0.15, 0.2) is 0 Å². The van der Waals surface area contributed by atoms with Crippen molar-refractivity contribution in [1.29, 1.82) is 0 Å². The minimum atomic E-state index is -0.523. The van der Waals surface area contributed by atoms with Crippen LogP contribution in [0.2, 0.25) is 0 Å². The van der Waals surface area contributed by atoms with Crippen LogP contribution in [0.25, 0.3) is 0 Å². The summed E-state index contributed by atoms with van der Waals surface area (Å²) in [5, 5.41) is 0. The summed E-state index contributed by atoms with van der Waals surface area (Å²) in [7, 11) is 2.02. The van der Waals surface area contributed by atoms with Crippen molar-refractivity contribution in [1.82, 2.24) is 9.88 Å². The highest BCUT2D eigenvalue weighted by Crippen LogP contribution is 2.36. The summed E-state index contributed by atoms with van der Waals surface area (Å²) >= 11 is 0. The maximum atomic E-state index is 12.8. The Balaban J connectivity index is 1.36. The lowest BCUT2D eigenvalue weighted by Crippen LogP contribution is -2.58. The highest BCUT2D eigenvalue weighted by atomic mass is 16.6. The molecule has 0 unspecified atom stereocenters. The van der Waals surface area contributed by atoms with E-state index < -0.39 is 5.60 Å². The Hall–Kier alpha value is -4.72. The molecule has 3 aromatic carbocycles. The molecule has 1 amide bonds. The van der Waals surface area contributed by atoms with Crippen molar-refractivity contribution in [2.45, 2.75) is 65.5 Å². The van der Waals surface area contributed by atoms with Crippen LogP contribution >= 0.6 is 0 Å². The van der Waals surface area contributed by atoms with Gasteiger partial charge in [0.1, 0.15) is 24.5 Å². The van der Waals surface area contributed by atoms with Gasteiger partial charge in [0.2, 0.25) is 11.8 Å². The Morgan fingerprint density at radius 2 is 1.42 bits per heavy atom. The van der Waals surface area contributed by atoms with Crippen LogP contribution in [0.15, 0.2) is 97.1 Å². The fourth-order valence-electron chi connectivity index (χ4n) is 5.62. The Kier molecular flexibility index (Phi) is 9.81. The number of anilines is 3. The van der Waals surface area contributed by atoms with Gasteiger partial charge in [0.05, 0.1) is 0 Å². The molecule has 236 valence electrons. The second-order valence-corrected chi connectivity index (χ2v) is 12.6. The molecule has 4 aromatic rings. The zero-order chi connectivity index (χ0) is 32.0. The van der Waals surface area contributed by atoms with E-state index in [-0.39, 0.29) is 18.2 Å². The van der Waals surface area contributed by atoms with Crippen LogP contribution in [0.5, 0.6) is 11.8 Å². The van der Waals surface area contributed by atoms with Gasteiger partial charge >= 0.3 is 6.09 Å². The topological polar surface area (TPSA) is 67.4 Å². The van der Waals surface area contributed by atoms with Gasteiger partial charge in [-0.05, 0) is 70.0 Å². The van der Waals surface area contributed by atoms with Gasteiger partial charge < -0.3 is 28.9 Å². The minimum absolute atomic E-state index is 0.106. The molecule has 8 heteroatoms. The van der Waals surface area contributed by atoms with Gasteiger partial charge in [-0.3, -0.25) is 0 Å². The number of carbonyl (C=O) groups is 1. The Morgan fingerprint density at radius 1 is 0.822 bits per heavy atom. The summed E-state index contributed by atoms with van der Waals surface area (Å²) in [6, 6.07) is 32.6. The largest absolute Gasteiger partial charge is 0.473 e. The van der Waals surface area contributed by atoms with Crippen LogP contribution in [-0.2, 0) is 18.0 Å². The number of carbonyl (C=O) groups excluding carboxylic acids is 1. The summed E-state index contributed by atoms with van der Waals surface area (Å²) in [6.07, 6.45) is -0.263. The molecule has 0 saturated carbocycles.